The van der Waals surface area contributed by atoms with Crippen molar-refractivity contribution in [2.75, 3.05) is 45.7 Å². The van der Waals surface area contributed by atoms with Crippen LogP contribution < -0.4 is 15.5 Å². The van der Waals surface area contributed by atoms with Gasteiger partial charge >= 0.3 is 0 Å². The van der Waals surface area contributed by atoms with Crippen LogP contribution >= 0.6 is 24.0 Å². The Labute approximate surface area is 182 Å². The van der Waals surface area contributed by atoms with Crippen molar-refractivity contribution in [2.24, 2.45) is 4.99 Å². The molecule has 1 aliphatic rings. The fourth-order valence-electron chi connectivity index (χ4n) is 3.28. The molecule has 2 aromatic heterocycles. The molecule has 0 saturated carbocycles. The second-order valence-electron chi connectivity index (χ2n) is 6.83. The summed E-state index contributed by atoms with van der Waals surface area (Å²) in [5.74, 6) is 1.76. The molecule has 1 aliphatic heterocycles. The zero-order chi connectivity index (χ0) is 19.2. The molecule has 0 amide bonds. The van der Waals surface area contributed by atoms with Gasteiger partial charge in [-0.3, -0.25) is 9.89 Å². The lowest BCUT2D eigenvalue weighted by Crippen LogP contribution is -2.46. The molecule has 2 aromatic rings. The number of halogens is 2. The van der Waals surface area contributed by atoms with Gasteiger partial charge in [0.25, 0.3) is 0 Å². The van der Waals surface area contributed by atoms with E-state index >= 15 is 0 Å². The highest BCUT2D eigenvalue weighted by molar-refractivity contribution is 14.0. The first kappa shape index (κ1) is 22.4. The fourth-order valence-corrected chi connectivity index (χ4v) is 3.28. The van der Waals surface area contributed by atoms with Gasteiger partial charge in [-0.1, -0.05) is 0 Å². The van der Waals surface area contributed by atoms with Crippen LogP contribution in [0.15, 0.2) is 46.1 Å². The van der Waals surface area contributed by atoms with Crippen LogP contribution in [-0.2, 0) is 0 Å². The van der Waals surface area contributed by atoms with Crippen molar-refractivity contribution in [1.82, 2.24) is 20.5 Å². The second kappa shape index (κ2) is 10.6. The lowest BCUT2D eigenvalue weighted by molar-refractivity contribution is 0.258. The number of furan rings is 1. The molecule has 3 rings (SSSR count). The van der Waals surface area contributed by atoms with E-state index in [0.717, 1.165) is 24.7 Å². The number of nitrogens with zero attached hydrogens (tertiary/aromatic N) is 4. The minimum Gasteiger partial charge on any atom is -0.468 e. The maximum Gasteiger partial charge on any atom is 0.191 e. The summed E-state index contributed by atoms with van der Waals surface area (Å²) in [4.78, 5) is 12.5. The number of anilines is 1. The lowest BCUT2D eigenvalue weighted by atomic mass is 10.2. The Kier molecular flexibility index (Phi) is 8.49. The average molecular weight is 502 g/mol. The Hall–Kier alpha value is -1.88. The number of aliphatic imine (C=N–C) groups is 1. The third-order valence-corrected chi connectivity index (χ3v) is 4.75. The maximum absolute atomic E-state index is 13.9. The van der Waals surface area contributed by atoms with Crippen molar-refractivity contribution < 1.29 is 8.81 Å². The van der Waals surface area contributed by atoms with E-state index in [2.05, 4.69) is 25.5 Å². The quantitative estimate of drug-likeness (QED) is 0.360. The Bertz CT molecular complexity index is 755. The van der Waals surface area contributed by atoms with E-state index in [1.54, 1.807) is 25.6 Å². The van der Waals surface area contributed by atoms with E-state index in [9.17, 15) is 4.39 Å². The topological polar surface area (TPSA) is 68.9 Å². The smallest absolute Gasteiger partial charge is 0.191 e. The second-order valence-corrected chi connectivity index (χ2v) is 6.83. The highest BCUT2D eigenvalue weighted by Crippen LogP contribution is 2.21. The van der Waals surface area contributed by atoms with Crippen molar-refractivity contribution in [2.45, 2.75) is 18.5 Å². The molecule has 0 radical (unpaired) electrons. The molecule has 3 heterocycles. The third kappa shape index (κ3) is 5.57. The molecule has 2 N–H and O–H groups in total. The molecular formula is C19H28FIN6O. The van der Waals surface area contributed by atoms with Crippen LogP contribution in [-0.4, -0.2) is 62.7 Å². The first-order valence-electron chi connectivity index (χ1n) is 9.11. The summed E-state index contributed by atoms with van der Waals surface area (Å²) in [6, 6.07) is 7.19. The minimum atomic E-state index is -0.284. The molecule has 2 atom stereocenters. The van der Waals surface area contributed by atoms with Crippen molar-refractivity contribution in [3.8, 4) is 0 Å². The van der Waals surface area contributed by atoms with Crippen LogP contribution in [0.25, 0.3) is 0 Å². The maximum atomic E-state index is 13.9. The minimum absolute atomic E-state index is 0. The van der Waals surface area contributed by atoms with Crippen LogP contribution in [0.1, 0.15) is 18.2 Å². The zero-order valence-electron chi connectivity index (χ0n) is 16.4. The molecule has 1 saturated heterocycles. The van der Waals surface area contributed by atoms with Crippen LogP contribution in [0.5, 0.6) is 0 Å². The summed E-state index contributed by atoms with van der Waals surface area (Å²) in [6.07, 6.45) is 4.20. The third-order valence-electron chi connectivity index (χ3n) is 4.75. The zero-order valence-corrected chi connectivity index (χ0v) is 18.8. The first-order valence-corrected chi connectivity index (χ1v) is 9.11. The van der Waals surface area contributed by atoms with E-state index in [1.165, 1.54) is 6.07 Å². The van der Waals surface area contributed by atoms with E-state index in [-0.39, 0.29) is 41.9 Å². The summed E-state index contributed by atoms with van der Waals surface area (Å²) < 4.78 is 19.5. The van der Waals surface area contributed by atoms with Crippen molar-refractivity contribution >= 4 is 35.8 Å². The van der Waals surface area contributed by atoms with Gasteiger partial charge in [0.1, 0.15) is 5.76 Å². The average Bonchev–Trinajstić information content (AvgIpc) is 3.33. The largest absolute Gasteiger partial charge is 0.468 e. The van der Waals surface area contributed by atoms with E-state index in [0.29, 0.717) is 18.9 Å². The molecule has 28 heavy (non-hydrogen) atoms. The van der Waals surface area contributed by atoms with Crippen molar-refractivity contribution in [3.05, 3.63) is 48.3 Å². The number of likely N-dealkylation sites (N-methyl/N-ethyl adjacent to an activating group) is 1. The molecule has 0 aromatic carbocycles. The van der Waals surface area contributed by atoms with E-state index in [1.807, 2.05) is 31.1 Å². The molecule has 7 nitrogen and oxygen atoms in total. The van der Waals surface area contributed by atoms with Crippen LogP contribution in [0.4, 0.5) is 10.2 Å². The molecule has 154 valence electrons. The molecular weight excluding hydrogens is 474 g/mol. The van der Waals surface area contributed by atoms with Crippen LogP contribution in [0.3, 0.4) is 0 Å². The Balaban J connectivity index is 0.00000280. The summed E-state index contributed by atoms with van der Waals surface area (Å²) in [5, 5.41) is 6.78. The van der Waals surface area contributed by atoms with Gasteiger partial charge in [-0.05, 0) is 44.8 Å². The monoisotopic (exact) mass is 502 g/mol. The van der Waals surface area contributed by atoms with Crippen LogP contribution in [0, 0.1) is 5.82 Å². The van der Waals surface area contributed by atoms with Crippen LogP contribution in [0.2, 0.25) is 0 Å². The molecule has 9 heteroatoms. The number of pyridine rings is 1. The van der Waals surface area contributed by atoms with E-state index in [4.69, 9.17) is 4.42 Å². The standard InChI is InChI=1S/C19H27FN6O.HI/c1-21-19(23-12-16(25(2)3)17-7-5-11-27-17)24-14-8-10-26(13-14)18-15(20)6-4-9-22-18;/h4-7,9,11,14,16H,8,10,12-13H2,1-3H3,(H2,21,23,24);1H. The first-order chi connectivity index (χ1) is 13.1. The van der Waals surface area contributed by atoms with Gasteiger partial charge in [0.15, 0.2) is 17.6 Å². The van der Waals surface area contributed by atoms with Gasteiger partial charge in [-0.2, -0.15) is 0 Å². The van der Waals surface area contributed by atoms with Gasteiger partial charge in [0, 0.05) is 38.9 Å². The lowest BCUT2D eigenvalue weighted by Gasteiger charge is -2.25. The number of nitrogens with one attached hydrogen (secondary N) is 2. The number of hydrogen-bond acceptors (Lipinski definition) is 5. The SMILES string of the molecule is CN=C(NCC(c1ccco1)N(C)C)NC1CCN(c2ncccc2F)C1.I. The number of rotatable bonds is 6. The van der Waals surface area contributed by atoms with Gasteiger partial charge in [-0.15, -0.1) is 24.0 Å². The summed E-state index contributed by atoms with van der Waals surface area (Å²) >= 11 is 0. The molecule has 1 fully saturated rings. The number of aromatic nitrogens is 1. The van der Waals surface area contributed by atoms with E-state index < -0.39 is 0 Å². The normalized spacial score (nSPS) is 18.1. The molecule has 0 aliphatic carbocycles. The molecule has 0 bridgehead atoms. The number of guanidine groups is 1. The molecule has 0 spiro atoms. The Morgan fingerprint density at radius 1 is 1.43 bits per heavy atom. The van der Waals surface area contributed by atoms with Gasteiger partial charge < -0.3 is 20.0 Å². The van der Waals surface area contributed by atoms with Gasteiger partial charge in [-0.25, -0.2) is 9.37 Å². The predicted octanol–water partition coefficient (Wildman–Crippen LogP) is 2.48. The Morgan fingerprint density at radius 2 is 2.25 bits per heavy atom. The molecule has 2 unspecified atom stereocenters. The number of hydrogen-bond donors (Lipinski definition) is 2. The van der Waals surface area contributed by atoms with Crippen molar-refractivity contribution in [3.63, 3.8) is 0 Å². The van der Waals surface area contributed by atoms with Gasteiger partial charge in [0.05, 0.1) is 12.3 Å². The predicted molar refractivity (Wildman–Crippen MR) is 120 cm³/mol. The van der Waals surface area contributed by atoms with Crippen molar-refractivity contribution in [1.29, 1.82) is 0 Å². The highest BCUT2D eigenvalue weighted by atomic mass is 127. The summed E-state index contributed by atoms with van der Waals surface area (Å²) in [5.41, 5.74) is 0. The van der Waals surface area contributed by atoms with Gasteiger partial charge in [0.2, 0.25) is 0 Å². The highest BCUT2D eigenvalue weighted by Gasteiger charge is 2.26. The summed E-state index contributed by atoms with van der Waals surface area (Å²) in [7, 11) is 5.78. The fraction of sp³-hybridized carbons (Fsp3) is 0.474. The summed E-state index contributed by atoms with van der Waals surface area (Å²) in [6.45, 7) is 2.10. The Morgan fingerprint density at radius 3 is 2.89 bits per heavy atom.